The van der Waals surface area contributed by atoms with Crippen LogP contribution in [-0.4, -0.2) is 6.61 Å². The maximum atomic E-state index is 10.9. The van der Waals surface area contributed by atoms with E-state index in [0.29, 0.717) is 12.4 Å². The van der Waals surface area contributed by atoms with Gasteiger partial charge in [0.15, 0.2) is 5.75 Å². The first-order chi connectivity index (χ1) is 4.84. The molecule has 1 aromatic rings. The summed E-state index contributed by atoms with van der Waals surface area (Å²) in [5.74, 6) is 0.384. The first-order valence-corrected chi connectivity index (χ1v) is 3.23. The molecule has 2 nitrogen and oxygen atoms in total. The molecule has 1 radical (unpaired) electrons. The van der Waals surface area contributed by atoms with Crippen LogP contribution in [0.3, 0.4) is 0 Å². The van der Waals surface area contributed by atoms with Crippen molar-refractivity contribution in [2.75, 3.05) is 6.61 Å². The van der Waals surface area contributed by atoms with Crippen molar-refractivity contribution in [1.82, 2.24) is 0 Å². The number of ether oxygens (including phenoxy) is 1. The lowest BCUT2D eigenvalue weighted by molar-refractivity contribution is 0.288. The Morgan fingerprint density at radius 2 is 2.10 bits per heavy atom. The average Bonchev–Trinajstić information content (AvgIpc) is 1.94. The van der Waals surface area contributed by atoms with Crippen molar-refractivity contribution in [3.05, 3.63) is 24.3 Å². The Balaban J connectivity index is 2.81. The van der Waals surface area contributed by atoms with Crippen LogP contribution < -0.4 is 4.74 Å². The van der Waals surface area contributed by atoms with E-state index in [9.17, 15) is 5.11 Å². The highest BCUT2D eigenvalue weighted by Gasteiger charge is 1.98. The van der Waals surface area contributed by atoms with Crippen LogP contribution in [0.4, 0.5) is 0 Å². The number of para-hydroxylation sites is 2. The zero-order valence-electron chi connectivity index (χ0n) is 5.83. The summed E-state index contributed by atoms with van der Waals surface area (Å²) in [6.07, 6.45) is 0. The minimum absolute atomic E-state index is 0.0515. The Bertz CT molecular complexity index is 208. The van der Waals surface area contributed by atoms with Crippen molar-refractivity contribution in [3.63, 3.8) is 0 Å². The SMILES string of the molecule is CCOc1ccccc1[O]. The van der Waals surface area contributed by atoms with E-state index < -0.39 is 0 Å². The van der Waals surface area contributed by atoms with Crippen LogP contribution >= 0.6 is 0 Å². The second kappa shape index (κ2) is 3.11. The lowest BCUT2D eigenvalue weighted by Crippen LogP contribution is -1.90. The summed E-state index contributed by atoms with van der Waals surface area (Å²) in [5, 5.41) is 10.9. The summed E-state index contributed by atoms with van der Waals surface area (Å²) in [5.41, 5.74) is 0. The highest BCUT2D eigenvalue weighted by Crippen LogP contribution is 2.24. The van der Waals surface area contributed by atoms with E-state index in [2.05, 4.69) is 0 Å². The van der Waals surface area contributed by atoms with E-state index in [0.717, 1.165) is 0 Å². The molecule has 1 aromatic carbocycles. The van der Waals surface area contributed by atoms with Crippen molar-refractivity contribution in [2.45, 2.75) is 6.92 Å². The molecule has 0 spiro atoms. The molecule has 0 aliphatic carbocycles. The molecular formula is C8H9O2. The largest absolute Gasteiger partial charge is 0.490 e. The lowest BCUT2D eigenvalue weighted by atomic mass is 10.3. The Morgan fingerprint density at radius 1 is 1.40 bits per heavy atom. The van der Waals surface area contributed by atoms with Gasteiger partial charge in [0.2, 0.25) is 5.75 Å². The molecule has 0 fully saturated rings. The molecule has 0 unspecified atom stereocenters. The van der Waals surface area contributed by atoms with Crippen LogP contribution in [0.15, 0.2) is 24.3 Å². The van der Waals surface area contributed by atoms with Gasteiger partial charge in [-0.2, -0.15) is 0 Å². The van der Waals surface area contributed by atoms with Gasteiger partial charge in [-0.1, -0.05) is 12.1 Å². The molecule has 0 N–H and O–H groups in total. The fourth-order valence-corrected chi connectivity index (χ4v) is 0.725. The van der Waals surface area contributed by atoms with Gasteiger partial charge in [0.1, 0.15) is 0 Å². The third-order valence-corrected chi connectivity index (χ3v) is 1.15. The third kappa shape index (κ3) is 1.41. The maximum absolute atomic E-state index is 10.9. The Morgan fingerprint density at radius 3 is 2.70 bits per heavy atom. The highest BCUT2D eigenvalue weighted by atomic mass is 16.5. The van der Waals surface area contributed by atoms with Gasteiger partial charge in [0.05, 0.1) is 6.61 Å². The minimum Gasteiger partial charge on any atom is -0.490 e. The highest BCUT2D eigenvalue weighted by molar-refractivity contribution is 5.37. The molecule has 0 aromatic heterocycles. The Kier molecular flexibility index (Phi) is 2.15. The summed E-state index contributed by atoms with van der Waals surface area (Å²) >= 11 is 0. The van der Waals surface area contributed by atoms with Crippen molar-refractivity contribution in [1.29, 1.82) is 0 Å². The first-order valence-electron chi connectivity index (χ1n) is 3.23. The van der Waals surface area contributed by atoms with E-state index in [1.807, 2.05) is 6.92 Å². The summed E-state index contributed by atoms with van der Waals surface area (Å²) < 4.78 is 5.02. The van der Waals surface area contributed by atoms with Crippen molar-refractivity contribution in [3.8, 4) is 11.5 Å². The molecule has 0 saturated carbocycles. The van der Waals surface area contributed by atoms with Crippen LogP contribution in [0.1, 0.15) is 6.92 Å². The molecule has 0 bridgehead atoms. The standard InChI is InChI=1S/C8H9O2/c1-2-10-8-6-4-3-5-7(8)9/h3-6H,2H2,1H3. The van der Waals surface area contributed by atoms with Crippen LogP contribution in [0.5, 0.6) is 11.5 Å². The molecular weight excluding hydrogens is 128 g/mol. The fourth-order valence-electron chi connectivity index (χ4n) is 0.725. The first kappa shape index (κ1) is 6.93. The number of hydrogen-bond donors (Lipinski definition) is 0. The predicted molar refractivity (Wildman–Crippen MR) is 37.7 cm³/mol. The van der Waals surface area contributed by atoms with Gasteiger partial charge in [-0.25, -0.2) is 0 Å². The summed E-state index contributed by atoms with van der Waals surface area (Å²) in [6.45, 7) is 2.39. The molecule has 0 amide bonds. The summed E-state index contributed by atoms with van der Waals surface area (Å²) in [6, 6.07) is 6.65. The van der Waals surface area contributed by atoms with Gasteiger partial charge in [0, 0.05) is 0 Å². The number of rotatable bonds is 2. The third-order valence-electron chi connectivity index (χ3n) is 1.15. The van der Waals surface area contributed by atoms with Gasteiger partial charge in [0.25, 0.3) is 0 Å². The minimum atomic E-state index is -0.0515. The van der Waals surface area contributed by atoms with Gasteiger partial charge in [-0.15, -0.1) is 0 Å². The molecule has 53 valence electrons. The molecule has 2 heteroatoms. The van der Waals surface area contributed by atoms with Gasteiger partial charge in [-0.3, -0.25) is 5.11 Å². The van der Waals surface area contributed by atoms with Crippen LogP contribution in [-0.2, 0) is 5.11 Å². The van der Waals surface area contributed by atoms with E-state index in [-0.39, 0.29) is 5.75 Å². The molecule has 0 heterocycles. The van der Waals surface area contributed by atoms with Crippen LogP contribution in [0.2, 0.25) is 0 Å². The van der Waals surface area contributed by atoms with Crippen LogP contribution in [0, 0.1) is 0 Å². The maximum Gasteiger partial charge on any atom is 0.220 e. The molecule has 0 aliphatic rings. The monoisotopic (exact) mass is 137 g/mol. The normalized spacial score (nSPS) is 9.30. The topological polar surface area (TPSA) is 29.1 Å². The summed E-state index contributed by atoms with van der Waals surface area (Å²) in [7, 11) is 0. The lowest BCUT2D eigenvalue weighted by Gasteiger charge is -2.00. The fraction of sp³-hybridized carbons (Fsp3) is 0.250. The van der Waals surface area contributed by atoms with Crippen molar-refractivity contribution >= 4 is 0 Å². The van der Waals surface area contributed by atoms with E-state index in [1.54, 1.807) is 18.2 Å². The zero-order chi connectivity index (χ0) is 7.40. The van der Waals surface area contributed by atoms with E-state index in [1.165, 1.54) is 6.07 Å². The predicted octanol–water partition coefficient (Wildman–Crippen LogP) is 2.23. The Hall–Kier alpha value is -1.18. The summed E-state index contributed by atoms with van der Waals surface area (Å²) in [4.78, 5) is 0. The second-order valence-electron chi connectivity index (χ2n) is 1.88. The van der Waals surface area contributed by atoms with Crippen LogP contribution in [0.25, 0.3) is 0 Å². The van der Waals surface area contributed by atoms with Crippen molar-refractivity contribution < 1.29 is 9.84 Å². The zero-order valence-corrected chi connectivity index (χ0v) is 5.83. The van der Waals surface area contributed by atoms with E-state index >= 15 is 0 Å². The number of benzene rings is 1. The average molecular weight is 137 g/mol. The molecule has 0 aliphatic heterocycles. The second-order valence-corrected chi connectivity index (χ2v) is 1.88. The van der Waals surface area contributed by atoms with Gasteiger partial charge < -0.3 is 4.74 Å². The number of hydrogen-bond acceptors (Lipinski definition) is 1. The molecule has 0 atom stereocenters. The van der Waals surface area contributed by atoms with Crippen molar-refractivity contribution in [2.24, 2.45) is 0 Å². The van der Waals surface area contributed by atoms with Gasteiger partial charge >= 0.3 is 0 Å². The van der Waals surface area contributed by atoms with Gasteiger partial charge in [-0.05, 0) is 19.1 Å². The smallest absolute Gasteiger partial charge is 0.220 e. The molecule has 1 rings (SSSR count). The van der Waals surface area contributed by atoms with E-state index in [4.69, 9.17) is 4.74 Å². The molecule has 0 saturated heterocycles. The Labute approximate surface area is 60.1 Å². The quantitative estimate of drug-likeness (QED) is 0.614. The molecule has 10 heavy (non-hydrogen) atoms.